The lowest BCUT2D eigenvalue weighted by Crippen LogP contribution is -2.59. The zero-order valence-electron chi connectivity index (χ0n) is 17.8. The molecule has 5 nitrogen and oxygen atoms in total. The first-order valence-corrected chi connectivity index (χ1v) is 10.5. The molecule has 0 saturated carbocycles. The Morgan fingerprint density at radius 3 is 2.00 bits per heavy atom. The molecule has 2 aliphatic heterocycles. The van der Waals surface area contributed by atoms with E-state index in [0.29, 0.717) is 25.9 Å². The van der Waals surface area contributed by atoms with Crippen LogP contribution in [0.25, 0.3) is 5.57 Å². The highest BCUT2D eigenvalue weighted by atomic mass is 35.5. The number of piperidine rings is 1. The predicted molar refractivity (Wildman–Crippen MR) is 120 cm³/mol. The van der Waals surface area contributed by atoms with Crippen molar-refractivity contribution in [3.63, 3.8) is 0 Å². The van der Waals surface area contributed by atoms with Crippen LogP contribution in [0.2, 0.25) is 0 Å². The van der Waals surface area contributed by atoms with E-state index in [-0.39, 0.29) is 24.0 Å². The highest BCUT2D eigenvalue weighted by Crippen LogP contribution is 2.39. The van der Waals surface area contributed by atoms with E-state index in [1.54, 1.807) is 31.2 Å². The van der Waals surface area contributed by atoms with Gasteiger partial charge in [0.15, 0.2) is 11.3 Å². The summed E-state index contributed by atoms with van der Waals surface area (Å²) in [4.78, 5) is 13.9. The van der Waals surface area contributed by atoms with Crippen LogP contribution in [0.3, 0.4) is 0 Å². The number of halogens is 3. The quantitative estimate of drug-likeness (QED) is 0.684. The van der Waals surface area contributed by atoms with Gasteiger partial charge in [-0.15, -0.1) is 12.4 Å². The van der Waals surface area contributed by atoms with Gasteiger partial charge in [-0.3, -0.25) is 5.32 Å². The van der Waals surface area contributed by atoms with Gasteiger partial charge in [0.25, 0.3) is 0 Å². The minimum Gasteiger partial charge on any atom is -0.438 e. The molecule has 2 fully saturated rings. The minimum atomic E-state index is -1.37. The van der Waals surface area contributed by atoms with E-state index in [4.69, 9.17) is 4.74 Å². The van der Waals surface area contributed by atoms with Crippen molar-refractivity contribution in [2.24, 2.45) is 0 Å². The number of carbonyl (C=O) groups is 1. The molecule has 0 radical (unpaired) electrons. The standard InChI is InChI=1S/C24H26F2N2O3.ClH/c1-23(30)24(31-22(29)27-23)12-15-28(16-13-24)14-2-3-21(17-4-8-19(25)9-5-17)18-6-10-20(26)11-7-18;/h3-11,30H,2,12-16H2,1H3,(H,27,29);1H. The number of ether oxygens (including phenoxy) is 1. The van der Waals surface area contributed by atoms with E-state index in [1.807, 2.05) is 0 Å². The van der Waals surface area contributed by atoms with Crippen LogP contribution >= 0.6 is 12.4 Å². The summed E-state index contributed by atoms with van der Waals surface area (Å²) < 4.78 is 32.2. The Labute approximate surface area is 192 Å². The molecule has 2 saturated heterocycles. The number of amides is 1. The van der Waals surface area contributed by atoms with Crippen LogP contribution in [-0.4, -0.2) is 47.1 Å². The molecule has 0 aliphatic carbocycles. The van der Waals surface area contributed by atoms with Crippen molar-refractivity contribution >= 4 is 24.1 Å². The van der Waals surface area contributed by atoms with Crippen molar-refractivity contribution < 1.29 is 23.4 Å². The van der Waals surface area contributed by atoms with Crippen molar-refractivity contribution in [3.05, 3.63) is 77.4 Å². The fraction of sp³-hybridized carbons (Fsp3) is 0.375. The molecule has 1 atom stereocenters. The van der Waals surface area contributed by atoms with Gasteiger partial charge in [0.05, 0.1) is 0 Å². The summed E-state index contributed by atoms with van der Waals surface area (Å²) in [6, 6.07) is 12.5. The molecule has 32 heavy (non-hydrogen) atoms. The molecule has 1 amide bonds. The van der Waals surface area contributed by atoms with Crippen LogP contribution in [0.4, 0.5) is 13.6 Å². The highest BCUT2D eigenvalue weighted by Gasteiger charge is 2.57. The van der Waals surface area contributed by atoms with Crippen molar-refractivity contribution in [1.29, 1.82) is 0 Å². The van der Waals surface area contributed by atoms with Gasteiger partial charge < -0.3 is 14.7 Å². The topological polar surface area (TPSA) is 61.8 Å². The van der Waals surface area contributed by atoms with E-state index in [2.05, 4.69) is 16.3 Å². The van der Waals surface area contributed by atoms with Crippen LogP contribution in [0.1, 0.15) is 37.3 Å². The number of rotatable bonds is 5. The maximum absolute atomic E-state index is 13.4. The third-order valence-corrected chi connectivity index (χ3v) is 6.29. The highest BCUT2D eigenvalue weighted by molar-refractivity contribution is 5.85. The van der Waals surface area contributed by atoms with Crippen LogP contribution in [-0.2, 0) is 4.74 Å². The van der Waals surface area contributed by atoms with Gasteiger partial charge in [0.1, 0.15) is 11.6 Å². The maximum Gasteiger partial charge on any atom is 0.410 e. The molecule has 2 aromatic carbocycles. The van der Waals surface area contributed by atoms with Gasteiger partial charge in [0, 0.05) is 32.5 Å². The zero-order valence-corrected chi connectivity index (χ0v) is 18.6. The third kappa shape index (κ3) is 4.95. The summed E-state index contributed by atoms with van der Waals surface area (Å²) in [5.41, 5.74) is 0.402. The summed E-state index contributed by atoms with van der Waals surface area (Å²) in [7, 11) is 0. The van der Waals surface area contributed by atoms with Crippen LogP contribution in [0.5, 0.6) is 0 Å². The average molecular weight is 465 g/mol. The van der Waals surface area contributed by atoms with Crippen LogP contribution in [0.15, 0.2) is 54.6 Å². The molecular weight excluding hydrogens is 438 g/mol. The Balaban J connectivity index is 0.00000289. The van der Waals surface area contributed by atoms with Gasteiger partial charge in [-0.25, -0.2) is 13.6 Å². The Morgan fingerprint density at radius 1 is 1.06 bits per heavy atom. The molecule has 2 aromatic rings. The number of likely N-dealkylation sites (tertiary alicyclic amines) is 1. The van der Waals surface area contributed by atoms with E-state index < -0.39 is 17.4 Å². The molecule has 0 aromatic heterocycles. The van der Waals surface area contributed by atoms with E-state index in [0.717, 1.165) is 29.7 Å². The number of carbonyl (C=O) groups excluding carboxylic acids is 1. The first-order valence-electron chi connectivity index (χ1n) is 10.5. The molecule has 1 spiro atoms. The summed E-state index contributed by atoms with van der Waals surface area (Å²) in [6.07, 6.45) is 3.34. The lowest BCUT2D eigenvalue weighted by atomic mass is 9.82. The first kappa shape index (κ1) is 24.2. The monoisotopic (exact) mass is 464 g/mol. The summed E-state index contributed by atoms with van der Waals surface area (Å²) in [5.74, 6) is -0.607. The van der Waals surface area contributed by atoms with E-state index in [9.17, 15) is 18.7 Å². The van der Waals surface area contributed by atoms with Crippen molar-refractivity contribution in [2.45, 2.75) is 37.5 Å². The Bertz CT molecular complexity index is 922. The number of hydrogen-bond acceptors (Lipinski definition) is 4. The molecule has 2 aliphatic rings. The Kier molecular flexibility index (Phi) is 7.22. The van der Waals surface area contributed by atoms with Crippen molar-refractivity contribution in [3.8, 4) is 0 Å². The van der Waals surface area contributed by atoms with Crippen molar-refractivity contribution in [1.82, 2.24) is 10.2 Å². The number of alkyl carbamates (subject to hydrolysis) is 1. The van der Waals surface area contributed by atoms with Gasteiger partial charge in [-0.05, 0) is 54.3 Å². The minimum absolute atomic E-state index is 0. The van der Waals surface area contributed by atoms with E-state index in [1.165, 1.54) is 24.3 Å². The van der Waals surface area contributed by atoms with Gasteiger partial charge in [0.2, 0.25) is 0 Å². The van der Waals surface area contributed by atoms with Gasteiger partial charge >= 0.3 is 6.09 Å². The largest absolute Gasteiger partial charge is 0.438 e. The van der Waals surface area contributed by atoms with Crippen LogP contribution < -0.4 is 5.32 Å². The molecule has 2 N–H and O–H groups in total. The molecule has 1 unspecified atom stereocenters. The second-order valence-electron chi connectivity index (χ2n) is 8.34. The molecule has 2 heterocycles. The number of nitrogens with zero attached hydrogens (tertiary/aromatic N) is 1. The number of benzene rings is 2. The second-order valence-corrected chi connectivity index (χ2v) is 8.34. The lowest BCUT2D eigenvalue weighted by molar-refractivity contribution is -0.132. The van der Waals surface area contributed by atoms with E-state index >= 15 is 0 Å². The number of aliphatic hydroxyl groups is 1. The average Bonchev–Trinajstić information content (AvgIpc) is 2.96. The molecule has 172 valence electrons. The Hall–Kier alpha value is -2.48. The molecular formula is C24H27ClF2N2O3. The smallest absolute Gasteiger partial charge is 0.410 e. The van der Waals surface area contributed by atoms with Gasteiger partial charge in [-0.2, -0.15) is 0 Å². The number of hydrogen-bond donors (Lipinski definition) is 2. The number of nitrogens with one attached hydrogen (secondary N) is 1. The van der Waals surface area contributed by atoms with Crippen LogP contribution in [0, 0.1) is 11.6 Å². The molecule has 4 rings (SSSR count). The SMILES string of the molecule is CC1(O)NC(=O)OC12CCN(CCC=C(c1ccc(F)cc1)c1ccc(F)cc1)CC2.Cl. The molecule has 0 bridgehead atoms. The molecule has 8 heteroatoms. The maximum atomic E-state index is 13.4. The van der Waals surface area contributed by atoms with Crippen molar-refractivity contribution in [2.75, 3.05) is 19.6 Å². The predicted octanol–water partition coefficient (Wildman–Crippen LogP) is 4.49. The lowest BCUT2D eigenvalue weighted by Gasteiger charge is -2.42. The Morgan fingerprint density at radius 2 is 1.56 bits per heavy atom. The fourth-order valence-corrected chi connectivity index (χ4v) is 4.39. The zero-order chi connectivity index (χ0) is 22.1. The van der Waals surface area contributed by atoms with Gasteiger partial charge in [-0.1, -0.05) is 30.3 Å². The fourth-order valence-electron chi connectivity index (χ4n) is 4.39. The summed E-state index contributed by atoms with van der Waals surface area (Å²) in [6.45, 7) is 3.75. The summed E-state index contributed by atoms with van der Waals surface area (Å²) in [5, 5.41) is 13.0. The third-order valence-electron chi connectivity index (χ3n) is 6.29. The summed E-state index contributed by atoms with van der Waals surface area (Å²) >= 11 is 0. The second kappa shape index (κ2) is 9.57. The first-order chi connectivity index (χ1) is 14.8. The normalized spacial score (nSPS) is 22.1.